The monoisotopic (exact) mass is 390 g/mol. The number of methoxy groups -OCH3 is 1. The molecule has 0 bridgehead atoms. The van der Waals surface area contributed by atoms with Gasteiger partial charge in [-0.25, -0.2) is 4.98 Å². The quantitative estimate of drug-likeness (QED) is 0.676. The fraction of sp³-hybridized carbons (Fsp3) is 0.304. The fourth-order valence-electron chi connectivity index (χ4n) is 3.76. The minimum absolute atomic E-state index is 0.381. The van der Waals surface area contributed by atoms with E-state index in [1.54, 1.807) is 7.11 Å². The first kappa shape index (κ1) is 19.1. The van der Waals surface area contributed by atoms with E-state index in [1.807, 2.05) is 24.3 Å². The van der Waals surface area contributed by atoms with Crippen LogP contribution in [0.25, 0.3) is 0 Å². The number of nitrogens with two attached hydrogens (primary N) is 1. The molecule has 0 radical (unpaired) electrons. The Balaban J connectivity index is 1.41. The Bertz CT molecular complexity index is 923. The summed E-state index contributed by atoms with van der Waals surface area (Å²) in [6.45, 7) is 1.86. The minimum atomic E-state index is 0.381. The van der Waals surface area contributed by atoms with Gasteiger partial charge in [0.25, 0.3) is 0 Å². The van der Waals surface area contributed by atoms with E-state index >= 15 is 0 Å². The third-order valence-electron chi connectivity index (χ3n) is 5.38. The van der Waals surface area contributed by atoms with E-state index in [1.165, 1.54) is 11.9 Å². The molecule has 2 heterocycles. The van der Waals surface area contributed by atoms with E-state index in [0.29, 0.717) is 23.2 Å². The molecule has 1 aromatic heterocycles. The highest BCUT2D eigenvalue weighted by Crippen LogP contribution is 2.34. The third-order valence-corrected chi connectivity index (χ3v) is 5.38. The predicted molar refractivity (Wildman–Crippen MR) is 115 cm³/mol. The summed E-state index contributed by atoms with van der Waals surface area (Å²) >= 11 is 0. The number of anilines is 2. The first-order chi connectivity index (χ1) is 14.2. The number of nitrogen functional groups attached to an aromatic ring is 1. The molecule has 0 aliphatic carbocycles. The number of nitrogens with zero attached hydrogens (tertiary/aromatic N) is 3. The maximum absolute atomic E-state index is 6.36. The van der Waals surface area contributed by atoms with Crippen LogP contribution in [0.4, 0.5) is 11.5 Å². The molecular formula is C23H26N4O2. The second-order valence-electron chi connectivity index (χ2n) is 7.31. The molecule has 3 aromatic rings. The molecule has 1 fully saturated rings. The maximum Gasteiger partial charge on any atom is 0.248 e. The van der Waals surface area contributed by atoms with Gasteiger partial charge in [-0.1, -0.05) is 30.3 Å². The number of ether oxygens (including phenoxy) is 2. The predicted octanol–water partition coefficient (Wildman–Crippen LogP) is 4.32. The molecule has 2 N–H and O–H groups in total. The van der Waals surface area contributed by atoms with Crippen LogP contribution in [0.2, 0.25) is 0 Å². The van der Waals surface area contributed by atoms with E-state index in [-0.39, 0.29) is 0 Å². The smallest absolute Gasteiger partial charge is 0.248 e. The molecule has 1 aliphatic heterocycles. The Morgan fingerprint density at radius 2 is 1.66 bits per heavy atom. The van der Waals surface area contributed by atoms with Gasteiger partial charge >= 0.3 is 0 Å². The van der Waals surface area contributed by atoms with Crippen LogP contribution in [0.5, 0.6) is 17.4 Å². The van der Waals surface area contributed by atoms with Crippen LogP contribution in [0.1, 0.15) is 18.4 Å². The summed E-state index contributed by atoms with van der Waals surface area (Å²) in [6.07, 6.45) is 4.88. The average Bonchev–Trinajstić information content (AvgIpc) is 2.77. The first-order valence-corrected chi connectivity index (χ1v) is 9.94. The lowest BCUT2D eigenvalue weighted by Crippen LogP contribution is -2.35. The Morgan fingerprint density at radius 3 is 2.34 bits per heavy atom. The molecule has 2 aromatic carbocycles. The van der Waals surface area contributed by atoms with E-state index in [2.05, 4.69) is 45.2 Å². The Kier molecular flexibility index (Phi) is 5.79. The lowest BCUT2D eigenvalue weighted by Gasteiger charge is -2.33. The summed E-state index contributed by atoms with van der Waals surface area (Å²) in [5.41, 5.74) is 8.24. The second-order valence-corrected chi connectivity index (χ2v) is 7.31. The third kappa shape index (κ3) is 4.59. The molecule has 0 atom stereocenters. The lowest BCUT2D eigenvalue weighted by molar-refractivity contribution is 0.401. The molecule has 0 spiro atoms. The molecule has 1 saturated heterocycles. The van der Waals surface area contributed by atoms with Gasteiger partial charge in [-0.15, -0.1) is 0 Å². The number of rotatable bonds is 6. The van der Waals surface area contributed by atoms with Crippen molar-refractivity contribution in [2.24, 2.45) is 5.92 Å². The van der Waals surface area contributed by atoms with Crippen molar-refractivity contribution in [3.05, 3.63) is 66.5 Å². The van der Waals surface area contributed by atoms with Crippen molar-refractivity contribution in [2.45, 2.75) is 19.3 Å². The van der Waals surface area contributed by atoms with Gasteiger partial charge in [-0.2, -0.15) is 4.98 Å². The second kappa shape index (κ2) is 8.82. The molecule has 4 rings (SSSR count). The number of hydrogen-bond donors (Lipinski definition) is 1. The van der Waals surface area contributed by atoms with Gasteiger partial charge in [-0.05, 0) is 55.0 Å². The van der Waals surface area contributed by atoms with Gasteiger partial charge in [0.05, 0.1) is 7.11 Å². The van der Waals surface area contributed by atoms with Gasteiger partial charge in [0.2, 0.25) is 5.88 Å². The largest absolute Gasteiger partial charge is 0.497 e. The van der Waals surface area contributed by atoms with Gasteiger partial charge in [0.1, 0.15) is 23.5 Å². The highest BCUT2D eigenvalue weighted by Gasteiger charge is 2.23. The Hall–Kier alpha value is -3.28. The number of piperidine rings is 1. The molecule has 1 aliphatic rings. The van der Waals surface area contributed by atoms with E-state index in [0.717, 1.165) is 43.9 Å². The van der Waals surface area contributed by atoms with Crippen molar-refractivity contribution in [2.75, 3.05) is 30.8 Å². The summed E-state index contributed by atoms with van der Waals surface area (Å²) in [5.74, 6) is 3.25. The minimum Gasteiger partial charge on any atom is -0.497 e. The van der Waals surface area contributed by atoms with Gasteiger partial charge in [-0.3, -0.25) is 0 Å². The zero-order chi connectivity index (χ0) is 20.1. The van der Waals surface area contributed by atoms with Crippen LogP contribution in [-0.4, -0.2) is 30.2 Å². The van der Waals surface area contributed by atoms with Crippen LogP contribution in [0.3, 0.4) is 0 Å². The summed E-state index contributed by atoms with van der Waals surface area (Å²) in [7, 11) is 1.63. The lowest BCUT2D eigenvalue weighted by atomic mass is 9.90. The van der Waals surface area contributed by atoms with Crippen molar-refractivity contribution in [1.29, 1.82) is 0 Å². The molecule has 150 valence electrons. The maximum atomic E-state index is 6.36. The van der Waals surface area contributed by atoms with Crippen molar-refractivity contribution >= 4 is 11.5 Å². The van der Waals surface area contributed by atoms with Crippen molar-refractivity contribution < 1.29 is 9.47 Å². The van der Waals surface area contributed by atoms with Gasteiger partial charge in [0, 0.05) is 13.1 Å². The molecule has 6 heteroatoms. The molecule has 0 amide bonds. The normalized spacial score (nSPS) is 14.6. The van der Waals surface area contributed by atoms with Crippen molar-refractivity contribution in [3.63, 3.8) is 0 Å². The van der Waals surface area contributed by atoms with Crippen LogP contribution in [0.15, 0.2) is 60.9 Å². The average molecular weight is 390 g/mol. The molecule has 0 unspecified atom stereocenters. The number of hydrogen-bond acceptors (Lipinski definition) is 6. The van der Waals surface area contributed by atoms with E-state index in [9.17, 15) is 0 Å². The number of aromatic nitrogens is 2. The molecule has 29 heavy (non-hydrogen) atoms. The molecular weight excluding hydrogens is 364 g/mol. The summed E-state index contributed by atoms with van der Waals surface area (Å²) < 4.78 is 11.1. The summed E-state index contributed by atoms with van der Waals surface area (Å²) in [5, 5.41) is 0. The standard InChI is InChI=1S/C23H26N4O2/c1-28-19-7-9-20(10-8-19)29-23-21(24)22(25-16-26-23)27-13-11-18(12-14-27)15-17-5-3-2-4-6-17/h2-10,16,18H,11-15,24H2,1H3. The van der Waals surface area contributed by atoms with Gasteiger partial charge < -0.3 is 20.1 Å². The Labute approximate surface area is 171 Å². The highest BCUT2D eigenvalue weighted by molar-refractivity contribution is 5.68. The van der Waals surface area contributed by atoms with E-state index in [4.69, 9.17) is 15.2 Å². The SMILES string of the molecule is COc1ccc(Oc2ncnc(N3CCC(Cc4ccccc4)CC3)c2N)cc1. The fourth-order valence-corrected chi connectivity index (χ4v) is 3.76. The zero-order valence-electron chi connectivity index (χ0n) is 16.6. The van der Waals surface area contributed by atoms with Gasteiger partial charge in [0.15, 0.2) is 5.82 Å². The highest BCUT2D eigenvalue weighted by atomic mass is 16.5. The van der Waals surface area contributed by atoms with Crippen LogP contribution >= 0.6 is 0 Å². The van der Waals surface area contributed by atoms with Crippen LogP contribution in [-0.2, 0) is 6.42 Å². The molecule has 6 nitrogen and oxygen atoms in total. The van der Waals surface area contributed by atoms with E-state index < -0.39 is 0 Å². The van der Waals surface area contributed by atoms with Crippen LogP contribution in [0, 0.1) is 5.92 Å². The van der Waals surface area contributed by atoms with Crippen molar-refractivity contribution in [1.82, 2.24) is 9.97 Å². The van der Waals surface area contributed by atoms with Crippen molar-refractivity contribution in [3.8, 4) is 17.4 Å². The summed E-state index contributed by atoms with van der Waals surface area (Å²) in [6, 6.07) is 18.0. The molecule has 0 saturated carbocycles. The number of benzene rings is 2. The topological polar surface area (TPSA) is 73.5 Å². The Morgan fingerprint density at radius 1 is 0.966 bits per heavy atom. The zero-order valence-corrected chi connectivity index (χ0v) is 16.6. The summed E-state index contributed by atoms with van der Waals surface area (Å²) in [4.78, 5) is 10.9. The van der Waals surface area contributed by atoms with Crippen LogP contribution < -0.4 is 20.1 Å². The first-order valence-electron chi connectivity index (χ1n) is 9.94.